The van der Waals surface area contributed by atoms with E-state index in [4.69, 9.17) is 5.11 Å². The van der Waals surface area contributed by atoms with Crippen molar-refractivity contribution in [3.05, 3.63) is 0 Å². The summed E-state index contributed by atoms with van der Waals surface area (Å²) in [5.41, 5.74) is -1.56. The molecule has 0 bridgehead atoms. The number of carboxylic acids is 2. The number of rotatable bonds is 3. The van der Waals surface area contributed by atoms with Gasteiger partial charge in [0, 0.05) is 19.0 Å². The highest BCUT2D eigenvalue weighted by Gasteiger charge is 2.59. The van der Waals surface area contributed by atoms with E-state index in [0.717, 1.165) is 0 Å². The summed E-state index contributed by atoms with van der Waals surface area (Å²) in [5.74, 6) is -2.68. The zero-order valence-electron chi connectivity index (χ0n) is 12.8. The highest BCUT2D eigenvalue weighted by molar-refractivity contribution is 5.85. The van der Waals surface area contributed by atoms with E-state index < -0.39 is 28.7 Å². The quantitative estimate of drug-likeness (QED) is 0.822. The molecule has 21 heavy (non-hydrogen) atoms. The van der Waals surface area contributed by atoms with Crippen LogP contribution in [0.25, 0.3) is 0 Å². The van der Waals surface area contributed by atoms with E-state index in [0.29, 0.717) is 25.8 Å². The highest BCUT2D eigenvalue weighted by atomic mass is 16.4. The van der Waals surface area contributed by atoms with Gasteiger partial charge in [0.05, 0.1) is 11.3 Å². The molecule has 2 rings (SSSR count). The van der Waals surface area contributed by atoms with Crippen LogP contribution in [-0.2, 0) is 14.4 Å². The van der Waals surface area contributed by atoms with Crippen LogP contribution in [0, 0.1) is 22.7 Å². The van der Waals surface area contributed by atoms with Crippen LogP contribution in [0.1, 0.15) is 40.0 Å². The van der Waals surface area contributed by atoms with Gasteiger partial charge in [-0.05, 0) is 31.6 Å². The average Bonchev–Trinajstić information content (AvgIpc) is 2.94. The van der Waals surface area contributed by atoms with Gasteiger partial charge in [0.15, 0.2) is 0 Å². The first-order valence-corrected chi connectivity index (χ1v) is 7.36. The summed E-state index contributed by atoms with van der Waals surface area (Å²) in [5, 5.41) is 18.5. The molecule has 1 aliphatic heterocycles. The Kier molecular flexibility index (Phi) is 3.76. The van der Waals surface area contributed by atoms with E-state index >= 15 is 0 Å². The van der Waals surface area contributed by atoms with Gasteiger partial charge < -0.3 is 15.1 Å². The summed E-state index contributed by atoms with van der Waals surface area (Å²) in [6.45, 7) is 6.06. The van der Waals surface area contributed by atoms with Gasteiger partial charge in [-0.15, -0.1) is 0 Å². The second kappa shape index (κ2) is 5.00. The largest absolute Gasteiger partial charge is 0.481 e. The van der Waals surface area contributed by atoms with Crippen LogP contribution in [0.2, 0.25) is 0 Å². The van der Waals surface area contributed by atoms with Crippen LogP contribution in [0.4, 0.5) is 0 Å². The molecule has 6 nitrogen and oxygen atoms in total. The van der Waals surface area contributed by atoms with Crippen molar-refractivity contribution < 1.29 is 24.6 Å². The van der Waals surface area contributed by atoms with Gasteiger partial charge in [0.1, 0.15) is 0 Å². The van der Waals surface area contributed by atoms with E-state index in [1.54, 1.807) is 11.8 Å². The van der Waals surface area contributed by atoms with Crippen LogP contribution in [-0.4, -0.2) is 46.0 Å². The summed E-state index contributed by atoms with van der Waals surface area (Å²) < 4.78 is 0. The third-order valence-corrected chi connectivity index (χ3v) is 5.85. The third kappa shape index (κ3) is 2.30. The molecule has 1 saturated carbocycles. The molecule has 1 heterocycles. The first-order valence-electron chi connectivity index (χ1n) is 7.36. The van der Waals surface area contributed by atoms with E-state index in [9.17, 15) is 19.5 Å². The minimum absolute atomic E-state index is 0.0891. The molecule has 2 N–H and O–H groups in total. The monoisotopic (exact) mass is 297 g/mol. The molecule has 0 aromatic heterocycles. The fourth-order valence-electron chi connectivity index (χ4n) is 3.70. The predicted molar refractivity (Wildman–Crippen MR) is 74.6 cm³/mol. The number of hydrogen-bond donors (Lipinski definition) is 2. The lowest BCUT2D eigenvalue weighted by molar-refractivity contribution is -0.156. The molecule has 0 radical (unpaired) electrons. The van der Waals surface area contributed by atoms with Gasteiger partial charge in [-0.2, -0.15) is 0 Å². The zero-order valence-corrected chi connectivity index (χ0v) is 12.8. The number of nitrogens with zero attached hydrogens (tertiary/aromatic N) is 1. The van der Waals surface area contributed by atoms with Crippen LogP contribution >= 0.6 is 0 Å². The molecule has 0 aromatic carbocycles. The summed E-state index contributed by atoms with van der Waals surface area (Å²) in [7, 11) is 0. The Morgan fingerprint density at radius 1 is 1.10 bits per heavy atom. The Labute approximate surface area is 124 Å². The lowest BCUT2D eigenvalue weighted by Crippen LogP contribution is -2.46. The number of carbonyl (C=O) groups is 3. The topological polar surface area (TPSA) is 94.9 Å². The Morgan fingerprint density at radius 3 is 2.14 bits per heavy atom. The maximum Gasteiger partial charge on any atom is 0.309 e. The lowest BCUT2D eigenvalue weighted by Gasteiger charge is -2.39. The number of aliphatic carboxylic acids is 2. The molecule has 1 saturated heterocycles. The predicted octanol–water partition coefficient (Wildman–Crippen LogP) is 1.45. The minimum atomic E-state index is -0.917. The Morgan fingerprint density at radius 2 is 1.71 bits per heavy atom. The summed E-state index contributed by atoms with van der Waals surface area (Å²) >= 11 is 0. The fourth-order valence-corrected chi connectivity index (χ4v) is 3.70. The van der Waals surface area contributed by atoms with Crippen molar-refractivity contribution in [3.8, 4) is 0 Å². The van der Waals surface area contributed by atoms with Crippen LogP contribution in [0.3, 0.4) is 0 Å². The van der Waals surface area contributed by atoms with Crippen LogP contribution in [0.15, 0.2) is 0 Å². The van der Waals surface area contributed by atoms with Gasteiger partial charge in [-0.1, -0.05) is 13.8 Å². The first-order chi connectivity index (χ1) is 9.61. The first kappa shape index (κ1) is 15.8. The number of carbonyl (C=O) groups excluding carboxylic acids is 1. The van der Waals surface area contributed by atoms with Crippen molar-refractivity contribution >= 4 is 17.8 Å². The van der Waals surface area contributed by atoms with Gasteiger partial charge in [0.2, 0.25) is 5.91 Å². The highest BCUT2D eigenvalue weighted by Crippen LogP contribution is 2.56. The zero-order chi connectivity index (χ0) is 16.0. The Balaban J connectivity index is 2.15. The molecule has 0 aromatic rings. The Hall–Kier alpha value is -1.59. The van der Waals surface area contributed by atoms with Gasteiger partial charge >= 0.3 is 11.9 Å². The second-order valence-corrected chi connectivity index (χ2v) is 7.06. The van der Waals surface area contributed by atoms with Gasteiger partial charge in [-0.25, -0.2) is 0 Å². The number of amides is 1. The van der Waals surface area contributed by atoms with Gasteiger partial charge in [-0.3, -0.25) is 14.4 Å². The average molecular weight is 297 g/mol. The maximum atomic E-state index is 12.7. The maximum absolute atomic E-state index is 12.7. The molecule has 3 atom stereocenters. The van der Waals surface area contributed by atoms with Crippen molar-refractivity contribution in [2.24, 2.45) is 22.7 Å². The molecular weight excluding hydrogens is 274 g/mol. The lowest BCUT2D eigenvalue weighted by atomic mass is 9.65. The molecule has 2 fully saturated rings. The summed E-state index contributed by atoms with van der Waals surface area (Å²) in [6.07, 6.45) is 1.50. The molecule has 1 aliphatic carbocycles. The van der Waals surface area contributed by atoms with Gasteiger partial charge in [0.25, 0.3) is 0 Å². The third-order valence-electron chi connectivity index (χ3n) is 5.85. The smallest absolute Gasteiger partial charge is 0.309 e. The van der Waals surface area contributed by atoms with Crippen LogP contribution in [0.5, 0.6) is 0 Å². The fraction of sp³-hybridized carbons (Fsp3) is 0.800. The SMILES string of the molecule is CC1(C)[C@@H](C(=O)N2CCC(C(=O)O)C2)CC[C@@]1(C)C(=O)O. The van der Waals surface area contributed by atoms with E-state index in [-0.39, 0.29) is 18.4 Å². The van der Waals surface area contributed by atoms with Crippen molar-refractivity contribution in [2.75, 3.05) is 13.1 Å². The normalized spacial score (nSPS) is 34.9. The number of carboxylic acid groups (broad SMARTS) is 2. The summed E-state index contributed by atoms with van der Waals surface area (Å²) in [4.78, 5) is 36.8. The van der Waals surface area contributed by atoms with Crippen molar-refractivity contribution in [1.29, 1.82) is 0 Å². The van der Waals surface area contributed by atoms with Crippen LogP contribution < -0.4 is 0 Å². The minimum Gasteiger partial charge on any atom is -0.481 e. The molecule has 118 valence electrons. The number of hydrogen-bond acceptors (Lipinski definition) is 3. The second-order valence-electron chi connectivity index (χ2n) is 7.06. The van der Waals surface area contributed by atoms with Crippen molar-refractivity contribution in [2.45, 2.75) is 40.0 Å². The summed E-state index contributed by atoms with van der Waals surface area (Å²) in [6, 6.07) is 0. The molecule has 1 amide bonds. The molecule has 6 heteroatoms. The molecule has 0 spiro atoms. The van der Waals surface area contributed by atoms with E-state index in [1.165, 1.54) is 0 Å². The van der Waals surface area contributed by atoms with Crippen molar-refractivity contribution in [1.82, 2.24) is 4.90 Å². The standard InChI is InChI=1S/C15H23NO5/c1-14(2)10(4-6-15(14,3)13(20)21)11(17)16-7-5-9(8-16)12(18)19/h9-10H,4-8H2,1-3H3,(H,18,19)(H,20,21)/t9?,10-,15+/m1/s1. The van der Waals surface area contributed by atoms with E-state index in [1.807, 2.05) is 13.8 Å². The molecule has 2 aliphatic rings. The molecular formula is C15H23NO5. The van der Waals surface area contributed by atoms with Crippen molar-refractivity contribution in [3.63, 3.8) is 0 Å². The number of likely N-dealkylation sites (tertiary alicyclic amines) is 1. The van der Waals surface area contributed by atoms with E-state index in [2.05, 4.69) is 0 Å². The molecule has 1 unspecified atom stereocenters. The Bertz CT molecular complexity index is 486.